The Morgan fingerprint density at radius 2 is 1.88 bits per heavy atom. The predicted molar refractivity (Wildman–Crippen MR) is 69.2 cm³/mol. The van der Waals surface area contributed by atoms with Crippen LogP contribution in [0.3, 0.4) is 0 Å². The van der Waals surface area contributed by atoms with Gasteiger partial charge in [-0.15, -0.1) is 0 Å². The van der Waals surface area contributed by atoms with Crippen molar-refractivity contribution in [3.8, 4) is 0 Å². The lowest BCUT2D eigenvalue weighted by atomic mass is 9.83. The third kappa shape index (κ3) is 3.94. The number of hydrogen-bond acceptors (Lipinski definition) is 3. The van der Waals surface area contributed by atoms with E-state index >= 15 is 0 Å². The summed E-state index contributed by atoms with van der Waals surface area (Å²) in [4.78, 5) is 0. The third-order valence-corrected chi connectivity index (χ3v) is 3.82. The molecule has 2 rings (SSSR count). The predicted octanol–water partition coefficient (Wildman–Crippen LogP) is 2.35. The molecule has 2 aliphatic rings. The van der Waals surface area contributed by atoms with Crippen molar-refractivity contribution in [1.29, 1.82) is 0 Å². The van der Waals surface area contributed by atoms with Crippen molar-refractivity contribution in [1.82, 2.24) is 5.32 Å². The minimum absolute atomic E-state index is 0.117. The molecule has 0 radical (unpaired) electrons. The average Bonchev–Trinajstić information content (AvgIpc) is 2.27. The zero-order valence-electron chi connectivity index (χ0n) is 11.6. The van der Waals surface area contributed by atoms with E-state index in [-0.39, 0.29) is 5.60 Å². The highest BCUT2D eigenvalue weighted by Crippen LogP contribution is 2.34. The first-order valence-corrected chi connectivity index (χ1v) is 6.94. The molecule has 2 fully saturated rings. The van der Waals surface area contributed by atoms with Crippen LogP contribution in [0.4, 0.5) is 0 Å². The van der Waals surface area contributed by atoms with Crippen LogP contribution in [0.25, 0.3) is 0 Å². The summed E-state index contributed by atoms with van der Waals surface area (Å²) in [5.74, 6) is 0. The number of nitrogens with one attached hydrogen (secondary N) is 1. The molecule has 2 aliphatic heterocycles. The minimum Gasteiger partial charge on any atom is -0.381 e. The summed E-state index contributed by atoms with van der Waals surface area (Å²) in [6.45, 7) is 10.6. The first kappa shape index (κ1) is 13.3. The zero-order valence-corrected chi connectivity index (χ0v) is 11.6. The summed E-state index contributed by atoms with van der Waals surface area (Å²) in [7, 11) is 0. The van der Waals surface area contributed by atoms with E-state index < -0.39 is 0 Å². The normalized spacial score (nSPS) is 29.5. The molecule has 0 saturated carbocycles. The number of ether oxygens (including phenoxy) is 2. The van der Waals surface area contributed by atoms with E-state index in [1.165, 1.54) is 0 Å². The molecule has 0 amide bonds. The quantitative estimate of drug-likeness (QED) is 0.805. The maximum atomic E-state index is 6.05. The van der Waals surface area contributed by atoms with Crippen LogP contribution in [0.2, 0.25) is 0 Å². The van der Waals surface area contributed by atoms with Crippen molar-refractivity contribution in [2.75, 3.05) is 26.4 Å². The van der Waals surface area contributed by atoms with Gasteiger partial charge in [-0.1, -0.05) is 20.8 Å². The zero-order chi connectivity index (χ0) is 12.4. The van der Waals surface area contributed by atoms with E-state index in [9.17, 15) is 0 Å². The molecular weight excluding hydrogens is 214 g/mol. The molecule has 100 valence electrons. The van der Waals surface area contributed by atoms with Crippen molar-refractivity contribution >= 4 is 0 Å². The molecule has 1 unspecified atom stereocenters. The molecule has 1 spiro atoms. The number of hydrogen-bond donors (Lipinski definition) is 1. The Balaban J connectivity index is 1.84. The van der Waals surface area contributed by atoms with Gasteiger partial charge in [-0.3, -0.25) is 0 Å². The second-order valence-corrected chi connectivity index (χ2v) is 6.78. The maximum absolute atomic E-state index is 6.05. The molecule has 2 heterocycles. The van der Waals surface area contributed by atoms with Gasteiger partial charge in [0.15, 0.2) is 0 Å². The molecule has 1 atom stereocenters. The van der Waals surface area contributed by atoms with Crippen LogP contribution in [-0.2, 0) is 9.47 Å². The van der Waals surface area contributed by atoms with Crippen molar-refractivity contribution in [3.05, 3.63) is 0 Å². The Labute approximate surface area is 105 Å². The van der Waals surface area contributed by atoms with Gasteiger partial charge in [0, 0.05) is 32.4 Å². The SMILES string of the molecule is CC(C)(C)CNC1CCOC2(CCOCC2)C1. The van der Waals surface area contributed by atoms with E-state index in [1.807, 2.05) is 0 Å². The van der Waals surface area contributed by atoms with Crippen molar-refractivity contribution in [3.63, 3.8) is 0 Å². The van der Waals surface area contributed by atoms with Crippen LogP contribution in [0.1, 0.15) is 46.5 Å². The standard InChI is InChI=1S/C14H27NO2/c1-13(2,3)11-15-12-4-7-17-14(10-12)5-8-16-9-6-14/h12,15H,4-11H2,1-3H3. The lowest BCUT2D eigenvalue weighted by molar-refractivity contribution is -0.140. The van der Waals surface area contributed by atoms with Crippen molar-refractivity contribution in [2.24, 2.45) is 5.41 Å². The molecule has 3 heteroatoms. The molecule has 0 aromatic heterocycles. The van der Waals surface area contributed by atoms with Gasteiger partial charge in [-0.25, -0.2) is 0 Å². The van der Waals surface area contributed by atoms with Gasteiger partial charge in [0.05, 0.1) is 5.60 Å². The maximum Gasteiger partial charge on any atom is 0.0741 e. The van der Waals surface area contributed by atoms with E-state index in [1.54, 1.807) is 0 Å². The van der Waals surface area contributed by atoms with Gasteiger partial charge in [-0.2, -0.15) is 0 Å². The Hall–Kier alpha value is -0.120. The summed E-state index contributed by atoms with van der Waals surface area (Å²) < 4.78 is 11.5. The fourth-order valence-electron chi connectivity index (χ4n) is 2.74. The first-order chi connectivity index (χ1) is 7.99. The highest BCUT2D eigenvalue weighted by molar-refractivity contribution is 4.91. The van der Waals surface area contributed by atoms with E-state index in [2.05, 4.69) is 26.1 Å². The highest BCUT2D eigenvalue weighted by atomic mass is 16.5. The Morgan fingerprint density at radius 1 is 1.18 bits per heavy atom. The summed E-state index contributed by atoms with van der Waals surface area (Å²) in [6, 6.07) is 0.626. The molecule has 0 aromatic rings. The van der Waals surface area contributed by atoms with E-state index in [0.29, 0.717) is 11.5 Å². The smallest absolute Gasteiger partial charge is 0.0741 e. The summed E-state index contributed by atoms with van der Waals surface area (Å²) in [5, 5.41) is 3.71. The van der Waals surface area contributed by atoms with Crippen molar-refractivity contribution < 1.29 is 9.47 Å². The molecular formula is C14H27NO2. The second kappa shape index (κ2) is 5.25. The molecule has 0 aliphatic carbocycles. The van der Waals surface area contributed by atoms with Gasteiger partial charge in [0.2, 0.25) is 0 Å². The average molecular weight is 241 g/mol. The van der Waals surface area contributed by atoms with Crippen LogP contribution in [-0.4, -0.2) is 38.0 Å². The van der Waals surface area contributed by atoms with Gasteiger partial charge >= 0.3 is 0 Å². The Morgan fingerprint density at radius 3 is 2.53 bits per heavy atom. The van der Waals surface area contributed by atoms with Gasteiger partial charge in [-0.05, 0) is 31.1 Å². The lowest BCUT2D eigenvalue weighted by Gasteiger charge is -2.44. The molecule has 17 heavy (non-hydrogen) atoms. The van der Waals surface area contributed by atoms with Crippen LogP contribution in [0.5, 0.6) is 0 Å². The minimum atomic E-state index is 0.117. The monoisotopic (exact) mass is 241 g/mol. The molecule has 1 N–H and O–H groups in total. The largest absolute Gasteiger partial charge is 0.381 e. The first-order valence-electron chi connectivity index (χ1n) is 6.94. The Kier molecular flexibility index (Phi) is 4.11. The van der Waals surface area contributed by atoms with Crippen molar-refractivity contribution in [2.45, 2.75) is 58.1 Å². The summed E-state index contributed by atoms with van der Waals surface area (Å²) in [5.41, 5.74) is 0.479. The topological polar surface area (TPSA) is 30.5 Å². The fraction of sp³-hybridized carbons (Fsp3) is 1.00. The summed E-state index contributed by atoms with van der Waals surface area (Å²) >= 11 is 0. The van der Waals surface area contributed by atoms with Crippen LogP contribution < -0.4 is 5.32 Å². The van der Waals surface area contributed by atoms with Gasteiger partial charge in [0.25, 0.3) is 0 Å². The van der Waals surface area contributed by atoms with E-state index in [4.69, 9.17) is 9.47 Å². The lowest BCUT2D eigenvalue weighted by Crippen LogP contribution is -2.50. The molecule has 0 bridgehead atoms. The van der Waals surface area contributed by atoms with Crippen LogP contribution in [0.15, 0.2) is 0 Å². The third-order valence-electron chi connectivity index (χ3n) is 3.82. The van der Waals surface area contributed by atoms with Crippen LogP contribution in [0, 0.1) is 5.41 Å². The molecule has 0 aromatic carbocycles. The Bertz CT molecular complexity index is 236. The number of rotatable bonds is 2. The summed E-state index contributed by atoms with van der Waals surface area (Å²) in [6.07, 6.45) is 4.45. The molecule has 3 nitrogen and oxygen atoms in total. The highest BCUT2D eigenvalue weighted by Gasteiger charge is 2.38. The van der Waals surface area contributed by atoms with Crippen LogP contribution >= 0.6 is 0 Å². The van der Waals surface area contributed by atoms with Gasteiger partial charge < -0.3 is 14.8 Å². The van der Waals surface area contributed by atoms with E-state index in [0.717, 1.165) is 52.0 Å². The fourth-order valence-corrected chi connectivity index (χ4v) is 2.74. The molecule has 2 saturated heterocycles. The van der Waals surface area contributed by atoms with Gasteiger partial charge in [0.1, 0.15) is 0 Å². The second-order valence-electron chi connectivity index (χ2n) is 6.78.